The zero-order valence-corrected chi connectivity index (χ0v) is 12.8. The van der Waals surface area contributed by atoms with Gasteiger partial charge in [-0.3, -0.25) is 4.79 Å². The second-order valence-electron chi connectivity index (χ2n) is 5.70. The normalized spacial score (nSPS) is 16.5. The van der Waals surface area contributed by atoms with E-state index >= 15 is 0 Å². The van der Waals surface area contributed by atoms with E-state index in [-0.39, 0.29) is 12.5 Å². The summed E-state index contributed by atoms with van der Waals surface area (Å²) in [5.41, 5.74) is 0.883. The Morgan fingerprint density at radius 3 is 2.52 bits per heavy atom. The summed E-state index contributed by atoms with van der Waals surface area (Å²) in [6.07, 6.45) is 3.32. The van der Waals surface area contributed by atoms with Crippen molar-refractivity contribution < 1.29 is 9.53 Å². The molecule has 0 spiro atoms. The second-order valence-corrected chi connectivity index (χ2v) is 5.70. The molecule has 0 radical (unpaired) electrons. The van der Waals surface area contributed by atoms with E-state index in [0.29, 0.717) is 16.7 Å². The lowest BCUT2D eigenvalue weighted by molar-refractivity contribution is -0.132. The fourth-order valence-corrected chi connectivity index (χ4v) is 2.84. The number of ether oxygens (including phenoxy) is 1. The van der Waals surface area contributed by atoms with Gasteiger partial charge in [-0.25, -0.2) is 0 Å². The van der Waals surface area contributed by atoms with Crippen LogP contribution in [0.3, 0.4) is 0 Å². The van der Waals surface area contributed by atoms with Crippen molar-refractivity contribution in [2.75, 3.05) is 19.7 Å². The number of rotatable bonds is 5. The molecule has 1 heterocycles. The zero-order valence-electron chi connectivity index (χ0n) is 12.8. The van der Waals surface area contributed by atoms with E-state index in [9.17, 15) is 4.79 Å². The van der Waals surface area contributed by atoms with Gasteiger partial charge in [0.1, 0.15) is 5.75 Å². The molecular formula is C17H22N2O2. The average Bonchev–Trinajstić information content (AvgIpc) is 2.98. The van der Waals surface area contributed by atoms with Crippen LogP contribution in [0.15, 0.2) is 24.3 Å². The number of hydrogen-bond donors (Lipinski definition) is 0. The molecule has 2 rings (SSSR count). The summed E-state index contributed by atoms with van der Waals surface area (Å²) in [5.74, 6) is 0.668. The van der Waals surface area contributed by atoms with E-state index in [1.54, 1.807) is 24.3 Å². The van der Waals surface area contributed by atoms with Crippen LogP contribution in [0, 0.1) is 16.7 Å². The van der Waals surface area contributed by atoms with Crippen molar-refractivity contribution in [3.05, 3.63) is 29.8 Å². The fraction of sp³-hybridized carbons (Fsp3) is 0.529. The summed E-state index contributed by atoms with van der Waals surface area (Å²) in [7, 11) is 0. The predicted octanol–water partition coefficient (Wildman–Crippen LogP) is 2.98. The molecule has 1 aromatic carbocycles. The van der Waals surface area contributed by atoms with Gasteiger partial charge in [0.05, 0.1) is 11.6 Å². The van der Waals surface area contributed by atoms with Gasteiger partial charge >= 0.3 is 0 Å². The van der Waals surface area contributed by atoms with Crippen molar-refractivity contribution in [1.82, 2.24) is 4.90 Å². The van der Waals surface area contributed by atoms with E-state index in [2.05, 4.69) is 19.9 Å². The van der Waals surface area contributed by atoms with Crippen LogP contribution < -0.4 is 4.74 Å². The molecule has 4 heteroatoms. The van der Waals surface area contributed by atoms with E-state index < -0.39 is 0 Å². The molecule has 1 saturated heterocycles. The van der Waals surface area contributed by atoms with Crippen molar-refractivity contribution >= 4 is 5.91 Å². The molecule has 0 aliphatic carbocycles. The molecule has 1 aromatic rings. The number of nitrogens with zero attached hydrogens (tertiary/aromatic N) is 2. The van der Waals surface area contributed by atoms with Crippen LogP contribution in [0.25, 0.3) is 0 Å². The minimum atomic E-state index is 0.0446. The number of carbonyl (C=O) groups excluding carboxylic acids is 1. The van der Waals surface area contributed by atoms with Gasteiger partial charge in [-0.15, -0.1) is 0 Å². The Hall–Kier alpha value is -2.02. The molecule has 1 aliphatic rings. The standard InChI is InChI=1S/C17H22N2O2/c1-3-17(4-2)9-10-19(13-17)16(20)12-21-15-7-5-14(11-18)6-8-15/h5-8H,3-4,9-10,12-13H2,1-2H3. The number of hydrogen-bond acceptors (Lipinski definition) is 3. The van der Waals surface area contributed by atoms with E-state index in [1.807, 2.05) is 4.90 Å². The number of benzene rings is 1. The molecule has 1 amide bonds. The molecule has 0 bridgehead atoms. The topological polar surface area (TPSA) is 53.3 Å². The molecule has 0 atom stereocenters. The summed E-state index contributed by atoms with van der Waals surface area (Å²) < 4.78 is 5.51. The van der Waals surface area contributed by atoms with Gasteiger partial charge in [-0.2, -0.15) is 5.26 Å². The lowest BCUT2D eigenvalue weighted by Crippen LogP contribution is -2.35. The monoisotopic (exact) mass is 286 g/mol. The first-order valence-electron chi connectivity index (χ1n) is 7.53. The second kappa shape index (κ2) is 6.62. The average molecular weight is 286 g/mol. The maximum atomic E-state index is 12.2. The van der Waals surface area contributed by atoms with Crippen LogP contribution in [0.1, 0.15) is 38.7 Å². The van der Waals surface area contributed by atoms with Gasteiger partial charge in [-0.1, -0.05) is 13.8 Å². The molecule has 21 heavy (non-hydrogen) atoms. The highest BCUT2D eigenvalue weighted by atomic mass is 16.5. The number of carbonyl (C=O) groups is 1. The molecule has 1 aliphatic heterocycles. The van der Waals surface area contributed by atoms with Gasteiger partial charge in [-0.05, 0) is 48.9 Å². The van der Waals surface area contributed by atoms with Crippen molar-refractivity contribution in [2.24, 2.45) is 5.41 Å². The smallest absolute Gasteiger partial charge is 0.260 e. The minimum Gasteiger partial charge on any atom is -0.484 e. The van der Waals surface area contributed by atoms with Crippen LogP contribution in [-0.4, -0.2) is 30.5 Å². The lowest BCUT2D eigenvalue weighted by Gasteiger charge is -2.26. The Morgan fingerprint density at radius 1 is 1.33 bits per heavy atom. The summed E-state index contributed by atoms with van der Waals surface area (Å²) in [5, 5.41) is 8.73. The highest BCUT2D eigenvalue weighted by molar-refractivity contribution is 5.78. The van der Waals surface area contributed by atoms with Gasteiger partial charge in [0.25, 0.3) is 5.91 Å². The van der Waals surface area contributed by atoms with Gasteiger partial charge in [0.15, 0.2) is 6.61 Å². The Labute approximate surface area is 126 Å². The van der Waals surface area contributed by atoms with Gasteiger partial charge in [0.2, 0.25) is 0 Å². The fourth-order valence-electron chi connectivity index (χ4n) is 2.84. The maximum absolute atomic E-state index is 12.2. The van der Waals surface area contributed by atoms with Crippen molar-refractivity contribution in [3.63, 3.8) is 0 Å². The van der Waals surface area contributed by atoms with Crippen LogP contribution in [0.2, 0.25) is 0 Å². The molecule has 1 fully saturated rings. The first-order valence-corrected chi connectivity index (χ1v) is 7.53. The molecule has 0 N–H and O–H groups in total. The summed E-state index contributed by atoms with van der Waals surface area (Å²) in [6, 6.07) is 8.87. The Kier molecular flexibility index (Phi) is 4.85. The van der Waals surface area contributed by atoms with Crippen LogP contribution >= 0.6 is 0 Å². The third-order valence-corrected chi connectivity index (χ3v) is 4.64. The van der Waals surface area contributed by atoms with Crippen LogP contribution in [-0.2, 0) is 4.79 Å². The maximum Gasteiger partial charge on any atom is 0.260 e. The number of likely N-dealkylation sites (tertiary alicyclic amines) is 1. The Balaban J connectivity index is 1.86. The van der Waals surface area contributed by atoms with Crippen molar-refractivity contribution in [3.8, 4) is 11.8 Å². The van der Waals surface area contributed by atoms with Crippen molar-refractivity contribution in [1.29, 1.82) is 5.26 Å². The first-order chi connectivity index (χ1) is 10.1. The highest BCUT2D eigenvalue weighted by Gasteiger charge is 2.36. The zero-order chi connectivity index (χ0) is 15.3. The molecular weight excluding hydrogens is 264 g/mol. The lowest BCUT2D eigenvalue weighted by atomic mass is 9.82. The van der Waals surface area contributed by atoms with E-state index in [0.717, 1.165) is 32.4 Å². The molecule has 4 nitrogen and oxygen atoms in total. The summed E-state index contributed by atoms with van der Waals surface area (Å²) in [6.45, 7) is 6.14. The third-order valence-electron chi connectivity index (χ3n) is 4.64. The SMILES string of the molecule is CCC1(CC)CCN(C(=O)COc2ccc(C#N)cc2)C1. The van der Waals surface area contributed by atoms with Crippen molar-refractivity contribution in [2.45, 2.75) is 33.1 Å². The summed E-state index contributed by atoms with van der Waals surface area (Å²) >= 11 is 0. The van der Waals surface area contributed by atoms with E-state index in [4.69, 9.17) is 10.00 Å². The number of amides is 1. The summed E-state index contributed by atoms with van der Waals surface area (Å²) in [4.78, 5) is 14.1. The van der Waals surface area contributed by atoms with Gasteiger partial charge < -0.3 is 9.64 Å². The van der Waals surface area contributed by atoms with Crippen LogP contribution in [0.5, 0.6) is 5.75 Å². The molecule has 0 saturated carbocycles. The minimum absolute atomic E-state index is 0.0446. The predicted molar refractivity (Wildman–Crippen MR) is 80.9 cm³/mol. The molecule has 0 unspecified atom stereocenters. The molecule has 0 aromatic heterocycles. The van der Waals surface area contributed by atoms with Crippen LogP contribution in [0.4, 0.5) is 0 Å². The Bertz CT molecular complexity index is 527. The van der Waals surface area contributed by atoms with Gasteiger partial charge in [0, 0.05) is 13.1 Å². The quantitative estimate of drug-likeness (QED) is 0.836. The largest absolute Gasteiger partial charge is 0.484 e. The third kappa shape index (κ3) is 3.55. The molecule has 112 valence electrons. The first kappa shape index (κ1) is 15.4. The highest BCUT2D eigenvalue weighted by Crippen LogP contribution is 2.36. The number of nitriles is 1. The van der Waals surface area contributed by atoms with E-state index in [1.165, 1.54) is 0 Å². The Morgan fingerprint density at radius 2 is 2.00 bits per heavy atom.